The van der Waals surface area contributed by atoms with Crippen LogP contribution in [-0.2, 0) is 6.42 Å². The standard InChI is InChI=1S/C13H16N4O2/c1-9(15-13(19)12-8-14-17-16-12)2-3-10-4-6-11(18)7-5-10/h4-9,18H,2-3H2,1H3,(H,15,19)(H,14,16,17). The first kappa shape index (κ1) is 13.1. The highest BCUT2D eigenvalue weighted by atomic mass is 16.3. The van der Waals surface area contributed by atoms with Crippen LogP contribution in [0.15, 0.2) is 30.5 Å². The van der Waals surface area contributed by atoms with E-state index in [1.165, 1.54) is 6.20 Å². The third-order valence-corrected chi connectivity index (χ3v) is 2.83. The first-order valence-corrected chi connectivity index (χ1v) is 6.09. The van der Waals surface area contributed by atoms with Gasteiger partial charge in [-0.15, -0.1) is 0 Å². The van der Waals surface area contributed by atoms with E-state index in [4.69, 9.17) is 0 Å². The van der Waals surface area contributed by atoms with Crippen molar-refractivity contribution in [2.45, 2.75) is 25.8 Å². The number of hydrogen-bond acceptors (Lipinski definition) is 4. The predicted octanol–water partition coefficient (Wildman–Crippen LogP) is 1.26. The van der Waals surface area contributed by atoms with Crippen molar-refractivity contribution >= 4 is 5.91 Å². The van der Waals surface area contributed by atoms with E-state index in [0.29, 0.717) is 0 Å². The summed E-state index contributed by atoms with van der Waals surface area (Å²) in [5, 5.41) is 21.8. The molecule has 1 heterocycles. The molecule has 0 saturated carbocycles. The lowest BCUT2D eigenvalue weighted by atomic mass is 10.1. The van der Waals surface area contributed by atoms with E-state index < -0.39 is 0 Å². The van der Waals surface area contributed by atoms with E-state index in [-0.39, 0.29) is 23.4 Å². The molecule has 0 fully saturated rings. The molecule has 0 aliphatic rings. The molecule has 2 aromatic rings. The monoisotopic (exact) mass is 260 g/mol. The lowest BCUT2D eigenvalue weighted by Crippen LogP contribution is -2.33. The van der Waals surface area contributed by atoms with Crippen LogP contribution in [0, 0.1) is 0 Å². The quantitative estimate of drug-likeness (QED) is 0.754. The second kappa shape index (κ2) is 5.99. The summed E-state index contributed by atoms with van der Waals surface area (Å²) in [6, 6.07) is 7.11. The van der Waals surface area contributed by atoms with Crippen molar-refractivity contribution in [3.63, 3.8) is 0 Å². The van der Waals surface area contributed by atoms with E-state index in [1.54, 1.807) is 12.1 Å². The van der Waals surface area contributed by atoms with E-state index >= 15 is 0 Å². The predicted molar refractivity (Wildman–Crippen MR) is 69.7 cm³/mol. The highest BCUT2D eigenvalue weighted by Crippen LogP contribution is 2.12. The van der Waals surface area contributed by atoms with Crippen LogP contribution in [0.2, 0.25) is 0 Å². The fourth-order valence-electron chi connectivity index (χ4n) is 1.73. The van der Waals surface area contributed by atoms with Crippen LogP contribution >= 0.6 is 0 Å². The van der Waals surface area contributed by atoms with Crippen molar-refractivity contribution in [2.75, 3.05) is 0 Å². The van der Waals surface area contributed by atoms with Crippen molar-refractivity contribution < 1.29 is 9.90 Å². The summed E-state index contributed by atoms with van der Waals surface area (Å²) in [6.45, 7) is 1.94. The highest BCUT2D eigenvalue weighted by Gasteiger charge is 2.11. The number of rotatable bonds is 5. The fourth-order valence-corrected chi connectivity index (χ4v) is 1.73. The smallest absolute Gasteiger partial charge is 0.273 e. The van der Waals surface area contributed by atoms with Crippen molar-refractivity contribution in [3.8, 4) is 5.75 Å². The number of aryl methyl sites for hydroxylation is 1. The second-order valence-electron chi connectivity index (χ2n) is 4.43. The Balaban J connectivity index is 1.80. The van der Waals surface area contributed by atoms with Gasteiger partial charge in [0.2, 0.25) is 0 Å². The number of aromatic nitrogens is 3. The zero-order valence-corrected chi connectivity index (χ0v) is 10.6. The van der Waals surface area contributed by atoms with Crippen LogP contribution in [0.1, 0.15) is 29.4 Å². The summed E-state index contributed by atoms with van der Waals surface area (Å²) in [5.41, 5.74) is 1.41. The average Bonchev–Trinajstić information content (AvgIpc) is 2.92. The molecule has 0 spiro atoms. The number of phenolic OH excluding ortho intramolecular Hbond substituents is 1. The van der Waals surface area contributed by atoms with Gasteiger partial charge in [0.15, 0.2) is 5.69 Å². The fraction of sp³-hybridized carbons (Fsp3) is 0.308. The number of carbonyl (C=O) groups is 1. The molecule has 0 aliphatic heterocycles. The van der Waals surface area contributed by atoms with Crippen LogP contribution < -0.4 is 5.32 Å². The number of hydrogen-bond donors (Lipinski definition) is 3. The summed E-state index contributed by atoms with van der Waals surface area (Å²) in [5.74, 6) is 0.0306. The number of nitrogens with one attached hydrogen (secondary N) is 2. The van der Waals surface area contributed by atoms with Gasteiger partial charge in [0.05, 0.1) is 6.20 Å². The van der Waals surface area contributed by atoms with Gasteiger partial charge in [-0.05, 0) is 37.5 Å². The molecule has 1 atom stereocenters. The number of benzene rings is 1. The van der Waals surface area contributed by atoms with Crippen molar-refractivity contribution in [3.05, 3.63) is 41.7 Å². The van der Waals surface area contributed by atoms with Crippen LogP contribution in [0.3, 0.4) is 0 Å². The van der Waals surface area contributed by atoms with Crippen LogP contribution in [0.5, 0.6) is 5.75 Å². The van der Waals surface area contributed by atoms with Crippen molar-refractivity contribution in [1.82, 2.24) is 20.7 Å². The molecule has 0 saturated heterocycles. The van der Waals surface area contributed by atoms with Gasteiger partial charge in [-0.25, -0.2) is 0 Å². The van der Waals surface area contributed by atoms with Crippen LogP contribution in [-0.4, -0.2) is 32.5 Å². The molecule has 19 heavy (non-hydrogen) atoms. The topological polar surface area (TPSA) is 90.9 Å². The molecule has 0 radical (unpaired) electrons. The minimum absolute atomic E-state index is 0.0398. The normalized spacial score (nSPS) is 12.1. The van der Waals surface area contributed by atoms with Gasteiger partial charge in [-0.2, -0.15) is 15.4 Å². The van der Waals surface area contributed by atoms with Crippen LogP contribution in [0.4, 0.5) is 0 Å². The molecule has 0 aliphatic carbocycles. The highest BCUT2D eigenvalue weighted by molar-refractivity contribution is 5.91. The Morgan fingerprint density at radius 3 is 2.79 bits per heavy atom. The summed E-state index contributed by atoms with van der Waals surface area (Å²) < 4.78 is 0. The van der Waals surface area contributed by atoms with Crippen molar-refractivity contribution in [2.24, 2.45) is 0 Å². The molecule has 0 bridgehead atoms. The number of carbonyl (C=O) groups excluding carboxylic acids is 1. The first-order chi connectivity index (χ1) is 9.15. The Morgan fingerprint density at radius 1 is 1.42 bits per heavy atom. The molecular formula is C13H16N4O2. The van der Waals surface area contributed by atoms with Gasteiger partial charge in [-0.3, -0.25) is 4.79 Å². The third kappa shape index (κ3) is 3.80. The Morgan fingerprint density at radius 2 is 2.16 bits per heavy atom. The maximum atomic E-state index is 11.7. The molecular weight excluding hydrogens is 244 g/mol. The third-order valence-electron chi connectivity index (χ3n) is 2.83. The van der Waals surface area contributed by atoms with E-state index in [0.717, 1.165) is 18.4 Å². The molecule has 1 amide bonds. The maximum Gasteiger partial charge on any atom is 0.273 e. The second-order valence-corrected chi connectivity index (χ2v) is 4.43. The molecule has 1 aromatic carbocycles. The molecule has 6 heteroatoms. The number of aromatic amines is 1. The Hall–Kier alpha value is -2.37. The molecule has 1 aromatic heterocycles. The summed E-state index contributed by atoms with van der Waals surface area (Å²) in [4.78, 5) is 11.7. The van der Waals surface area contributed by atoms with Crippen molar-refractivity contribution in [1.29, 1.82) is 0 Å². The summed E-state index contributed by atoms with van der Waals surface area (Å²) in [7, 11) is 0. The first-order valence-electron chi connectivity index (χ1n) is 6.09. The summed E-state index contributed by atoms with van der Waals surface area (Å²) in [6.07, 6.45) is 3.04. The van der Waals surface area contributed by atoms with Gasteiger partial charge in [-0.1, -0.05) is 12.1 Å². The van der Waals surface area contributed by atoms with Gasteiger partial charge >= 0.3 is 0 Å². The Labute approximate surface area is 110 Å². The Bertz CT molecular complexity index is 522. The van der Waals surface area contributed by atoms with Crippen LogP contribution in [0.25, 0.3) is 0 Å². The number of phenols is 1. The number of nitrogens with zero attached hydrogens (tertiary/aromatic N) is 2. The minimum atomic E-state index is -0.230. The average molecular weight is 260 g/mol. The molecule has 2 rings (SSSR count). The molecule has 6 nitrogen and oxygen atoms in total. The summed E-state index contributed by atoms with van der Waals surface area (Å²) >= 11 is 0. The zero-order chi connectivity index (χ0) is 13.7. The van der Waals surface area contributed by atoms with Gasteiger partial charge in [0, 0.05) is 6.04 Å². The zero-order valence-electron chi connectivity index (χ0n) is 10.6. The molecule has 3 N–H and O–H groups in total. The Kier molecular flexibility index (Phi) is 4.12. The lowest BCUT2D eigenvalue weighted by molar-refractivity contribution is 0.0933. The number of aromatic hydroxyl groups is 1. The lowest BCUT2D eigenvalue weighted by Gasteiger charge is -2.12. The van der Waals surface area contributed by atoms with Gasteiger partial charge in [0.1, 0.15) is 5.75 Å². The van der Waals surface area contributed by atoms with Gasteiger partial charge in [0.25, 0.3) is 5.91 Å². The largest absolute Gasteiger partial charge is 0.508 e. The SMILES string of the molecule is CC(CCc1ccc(O)cc1)NC(=O)c1cn[nH]n1. The maximum absolute atomic E-state index is 11.7. The molecule has 100 valence electrons. The van der Waals surface area contributed by atoms with E-state index in [9.17, 15) is 9.90 Å². The number of amides is 1. The van der Waals surface area contributed by atoms with E-state index in [2.05, 4.69) is 20.7 Å². The van der Waals surface area contributed by atoms with E-state index in [1.807, 2.05) is 19.1 Å². The molecule has 1 unspecified atom stereocenters. The minimum Gasteiger partial charge on any atom is -0.508 e. The number of H-pyrrole nitrogens is 1. The van der Waals surface area contributed by atoms with Gasteiger partial charge < -0.3 is 10.4 Å².